The van der Waals surface area contributed by atoms with Gasteiger partial charge in [-0.25, -0.2) is 8.42 Å². The SMILES string of the molecule is CCCCCCCO[C@H](C(O)S(=O)(=O)c1ccc(C)cc1)[C@H]1O[C@H](O)[C@H]2OC(C)(C)O[C@@H]12. The van der Waals surface area contributed by atoms with Crippen LogP contribution in [-0.2, 0) is 28.8 Å². The molecule has 1 aromatic rings. The third-order valence-electron chi connectivity index (χ3n) is 5.90. The standard InChI is InChI=1S/C23H36O8S/c1-5-6-7-8-9-14-28-20(17-18-19(21(24)29-17)31-23(3,4)30-18)22(25)32(26,27)16-12-10-15(2)11-13-16/h10-13,17-22,24-25H,5-9,14H2,1-4H3/t17-,18-,19-,20-,21-,22?/m0/s1. The summed E-state index contributed by atoms with van der Waals surface area (Å²) in [6, 6.07) is 6.26. The van der Waals surface area contributed by atoms with Crippen LogP contribution in [0.15, 0.2) is 29.2 Å². The summed E-state index contributed by atoms with van der Waals surface area (Å²) in [6.45, 7) is 7.65. The molecule has 32 heavy (non-hydrogen) atoms. The summed E-state index contributed by atoms with van der Waals surface area (Å²) in [6.07, 6.45) is -0.185. The summed E-state index contributed by atoms with van der Waals surface area (Å²) in [5.41, 5.74) is -0.994. The van der Waals surface area contributed by atoms with Crippen molar-refractivity contribution >= 4 is 9.84 Å². The van der Waals surface area contributed by atoms with E-state index in [-0.39, 0.29) is 11.5 Å². The van der Waals surface area contributed by atoms with E-state index in [0.717, 1.165) is 37.7 Å². The van der Waals surface area contributed by atoms with Gasteiger partial charge in [0.1, 0.15) is 24.4 Å². The Morgan fingerprint density at radius 1 is 1.06 bits per heavy atom. The monoisotopic (exact) mass is 472 g/mol. The zero-order chi connectivity index (χ0) is 23.5. The number of hydrogen-bond donors (Lipinski definition) is 2. The molecule has 2 aliphatic rings. The van der Waals surface area contributed by atoms with Crippen molar-refractivity contribution in [3.8, 4) is 0 Å². The molecule has 1 unspecified atom stereocenters. The van der Waals surface area contributed by atoms with Crippen molar-refractivity contribution in [2.45, 2.75) is 107 Å². The molecule has 0 saturated carbocycles. The van der Waals surface area contributed by atoms with Crippen LogP contribution in [0.5, 0.6) is 0 Å². The normalized spacial score (nSPS) is 29.1. The van der Waals surface area contributed by atoms with Gasteiger partial charge in [-0.05, 0) is 39.3 Å². The quantitative estimate of drug-likeness (QED) is 0.473. The van der Waals surface area contributed by atoms with Gasteiger partial charge in [0.15, 0.2) is 17.5 Å². The van der Waals surface area contributed by atoms with Crippen molar-refractivity contribution in [1.82, 2.24) is 0 Å². The van der Waals surface area contributed by atoms with E-state index in [9.17, 15) is 18.6 Å². The van der Waals surface area contributed by atoms with E-state index in [1.807, 2.05) is 6.92 Å². The van der Waals surface area contributed by atoms with Crippen molar-refractivity contribution in [1.29, 1.82) is 0 Å². The molecule has 0 spiro atoms. The Morgan fingerprint density at radius 2 is 1.69 bits per heavy atom. The lowest BCUT2D eigenvalue weighted by atomic mass is 10.1. The molecule has 2 N–H and O–H groups in total. The topological polar surface area (TPSA) is 112 Å². The van der Waals surface area contributed by atoms with Gasteiger partial charge in [-0.2, -0.15) is 0 Å². The largest absolute Gasteiger partial charge is 0.375 e. The van der Waals surface area contributed by atoms with E-state index in [2.05, 4.69) is 6.92 Å². The number of rotatable bonds is 11. The van der Waals surface area contributed by atoms with Crippen LogP contribution in [0.1, 0.15) is 58.4 Å². The predicted molar refractivity (Wildman–Crippen MR) is 118 cm³/mol. The molecular weight excluding hydrogens is 436 g/mol. The molecule has 1 aromatic carbocycles. The van der Waals surface area contributed by atoms with Gasteiger partial charge in [0.05, 0.1) is 4.90 Å². The van der Waals surface area contributed by atoms with Crippen LogP contribution >= 0.6 is 0 Å². The van der Waals surface area contributed by atoms with E-state index in [0.29, 0.717) is 0 Å². The highest BCUT2D eigenvalue weighted by Crippen LogP contribution is 2.40. The van der Waals surface area contributed by atoms with Crippen molar-refractivity contribution in [2.75, 3.05) is 6.61 Å². The summed E-state index contributed by atoms with van der Waals surface area (Å²) in [4.78, 5) is -0.00818. The molecular formula is C23H36O8S. The maximum Gasteiger partial charge on any atom is 0.207 e. The van der Waals surface area contributed by atoms with Gasteiger partial charge >= 0.3 is 0 Å². The third kappa shape index (κ3) is 5.70. The van der Waals surface area contributed by atoms with Crippen molar-refractivity contribution < 1.29 is 37.6 Å². The van der Waals surface area contributed by atoms with Crippen molar-refractivity contribution in [3.05, 3.63) is 29.8 Å². The maximum atomic E-state index is 13.2. The van der Waals surface area contributed by atoms with Crippen LogP contribution in [0.25, 0.3) is 0 Å². The van der Waals surface area contributed by atoms with Gasteiger partial charge in [-0.1, -0.05) is 50.3 Å². The first-order valence-electron chi connectivity index (χ1n) is 11.4. The number of ether oxygens (including phenoxy) is 4. The molecule has 182 valence electrons. The number of aryl methyl sites for hydroxylation is 1. The smallest absolute Gasteiger partial charge is 0.207 e. The second kappa shape index (κ2) is 10.5. The number of aliphatic hydroxyl groups excluding tert-OH is 2. The first kappa shape index (κ1) is 25.6. The Morgan fingerprint density at radius 3 is 2.34 bits per heavy atom. The Hall–Kier alpha value is -1.07. The van der Waals surface area contributed by atoms with Crippen LogP contribution in [0.3, 0.4) is 0 Å². The van der Waals surface area contributed by atoms with Crippen LogP contribution in [-0.4, -0.2) is 67.2 Å². The lowest BCUT2D eigenvalue weighted by Gasteiger charge is -2.31. The fourth-order valence-corrected chi connectivity index (χ4v) is 5.56. The number of fused-ring (bicyclic) bond motifs is 1. The van der Waals surface area contributed by atoms with E-state index >= 15 is 0 Å². The van der Waals surface area contributed by atoms with E-state index in [1.54, 1.807) is 26.0 Å². The summed E-state index contributed by atoms with van der Waals surface area (Å²) in [5, 5.41) is 21.4. The van der Waals surface area contributed by atoms with Crippen LogP contribution in [0, 0.1) is 6.92 Å². The molecule has 0 radical (unpaired) electrons. The average molecular weight is 473 g/mol. The summed E-state index contributed by atoms with van der Waals surface area (Å²) in [7, 11) is -4.15. The molecule has 2 heterocycles. The molecule has 8 nitrogen and oxygen atoms in total. The second-order valence-electron chi connectivity index (χ2n) is 9.05. The minimum Gasteiger partial charge on any atom is -0.375 e. The molecule has 0 aliphatic carbocycles. The molecule has 2 aliphatic heterocycles. The average Bonchev–Trinajstić information content (AvgIpc) is 3.21. The number of benzene rings is 1. The summed E-state index contributed by atoms with van der Waals surface area (Å²) < 4.78 is 49.5. The van der Waals surface area contributed by atoms with Crippen molar-refractivity contribution in [2.24, 2.45) is 0 Å². The second-order valence-corrected chi connectivity index (χ2v) is 11.1. The molecule has 6 atom stereocenters. The molecule has 2 saturated heterocycles. The van der Waals surface area contributed by atoms with Gasteiger partial charge in [0, 0.05) is 6.61 Å². The Bertz CT molecular complexity index is 838. The number of hydrogen-bond acceptors (Lipinski definition) is 8. The molecule has 2 fully saturated rings. The van der Waals surface area contributed by atoms with Crippen molar-refractivity contribution in [3.63, 3.8) is 0 Å². The van der Waals surface area contributed by atoms with Gasteiger partial charge in [0.2, 0.25) is 9.84 Å². The molecule has 3 rings (SSSR count). The van der Waals surface area contributed by atoms with E-state index in [4.69, 9.17) is 18.9 Å². The van der Waals surface area contributed by atoms with E-state index < -0.39 is 51.8 Å². The lowest BCUT2D eigenvalue weighted by Crippen LogP contribution is -2.49. The zero-order valence-electron chi connectivity index (χ0n) is 19.3. The summed E-state index contributed by atoms with van der Waals surface area (Å²) >= 11 is 0. The number of sulfone groups is 1. The van der Waals surface area contributed by atoms with Gasteiger partial charge < -0.3 is 29.2 Å². The Labute approximate surface area is 190 Å². The highest BCUT2D eigenvalue weighted by molar-refractivity contribution is 7.92. The fraction of sp³-hybridized carbons (Fsp3) is 0.739. The number of unbranched alkanes of at least 4 members (excludes halogenated alkanes) is 4. The highest BCUT2D eigenvalue weighted by atomic mass is 32.2. The Balaban J connectivity index is 1.81. The van der Waals surface area contributed by atoms with Crippen LogP contribution in [0.2, 0.25) is 0 Å². The molecule has 0 aromatic heterocycles. The maximum absolute atomic E-state index is 13.2. The van der Waals surface area contributed by atoms with Gasteiger partial charge in [-0.15, -0.1) is 0 Å². The summed E-state index contributed by atoms with van der Waals surface area (Å²) in [5.74, 6) is -0.968. The Kier molecular flexibility index (Phi) is 8.35. The first-order chi connectivity index (χ1) is 15.1. The minimum atomic E-state index is -4.15. The molecule has 9 heteroatoms. The van der Waals surface area contributed by atoms with Gasteiger partial charge in [-0.3, -0.25) is 0 Å². The third-order valence-corrected chi connectivity index (χ3v) is 7.73. The van der Waals surface area contributed by atoms with Gasteiger partial charge in [0.25, 0.3) is 0 Å². The van der Waals surface area contributed by atoms with E-state index in [1.165, 1.54) is 12.1 Å². The predicted octanol–water partition coefficient (Wildman–Crippen LogP) is 2.68. The molecule has 0 bridgehead atoms. The lowest BCUT2D eigenvalue weighted by molar-refractivity contribution is -0.237. The minimum absolute atomic E-state index is 0.00818. The highest BCUT2D eigenvalue weighted by Gasteiger charge is 2.59. The van der Waals surface area contributed by atoms with Crippen LogP contribution < -0.4 is 0 Å². The zero-order valence-corrected chi connectivity index (χ0v) is 20.1. The molecule has 0 amide bonds. The fourth-order valence-electron chi connectivity index (χ4n) is 4.18. The first-order valence-corrected chi connectivity index (χ1v) is 12.9. The van der Waals surface area contributed by atoms with Crippen LogP contribution in [0.4, 0.5) is 0 Å². The number of aliphatic hydroxyl groups is 2.